The molecule has 0 saturated carbocycles. The molecule has 20 heavy (non-hydrogen) atoms. The van der Waals surface area contributed by atoms with Crippen molar-refractivity contribution >= 4 is 10.0 Å². The highest BCUT2D eigenvalue weighted by Gasteiger charge is 2.14. The lowest BCUT2D eigenvalue weighted by Gasteiger charge is -2.10. The van der Waals surface area contributed by atoms with Crippen molar-refractivity contribution in [1.29, 1.82) is 0 Å². The standard InChI is InChI=1S/C14H24N2O3S/c1-11(2)10-19-7-6-16-20(17,18)14-5-4-12(3)13(8-14)9-15/h4-5,8,11,16H,6-7,9-10,15H2,1-3H3. The van der Waals surface area contributed by atoms with Crippen molar-refractivity contribution in [2.75, 3.05) is 19.8 Å². The summed E-state index contributed by atoms with van der Waals surface area (Å²) in [7, 11) is -3.50. The summed E-state index contributed by atoms with van der Waals surface area (Å²) in [6.07, 6.45) is 0. The van der Waals surface area contributed by atoms with Crippen LogP contribution in [0.3, 0.4) is 0 Å². The van der Waals surface area contributed by atoms with Crippen LogP contribution in [0.25, 0.3) is 0 Å². The summed E-state index contributed by atoms with van der Waals surface area (Å²) in [5.74, 6) is 0.441. The van der Waals surface area contributed by atoms with Crippen LogP contribution in [0.2, 0.25) is 0 Å². The van der Waals surface area contributed by atoms with Crippen LogP contribution in [-0.2, 0) is 21.3 Å². The maximum absolute atomic E-state index is 12.1. The monoisotopic (exact) mass is 300 g/mol. The number of ether oxygens (including phenoxy) is 1. The summed E-state index contributed by atoms with van der Waals surface area (Å²) in [6, 6.07) is 4.98. The highest BCUT2D eigenvalue weighted by atomic mass is 32.2. The van der Waals surface area contributed by atoms with E-state index in [9.17, 15) is 8.42 Å². The average Bonchev–Trinajstić information content (AvgIpc) is 2.38. The quantitative estimate of drug-likeness (QED) is 0.711. The number of hydrogen-bond acceptors (Lipinski definition) is 4. The lowest BCUT2D eigenvalue weighted by molar-refractivity contribution is 0.114. The van der Waals surface area contributed by atoms with E-state index in [0.717, 1.165) is 11.1 Å². The number of sulfonamides is 1. The molecule has 1 aromatic carbocycles. The van der Waals surface area contributed by atoms with Gasteiger partial charge >= 0.3 is 0 Å². The van der Waals surface area contributed by atoms with Gasteiger partial charge in [0, 0.05) is 19.7 Å². The van der Waals surface area contributed by atoms with Gasteiger partial charge in [0.25, 0.3) is 0 Å². The summed E-state index contributed by atoms with van der Waals surface area (Å²) < 4.78 is 32.1. The zero-order valence-electron chi connectivity index (χ0n) is 12.3. The fourth-order valence-corrected chi connectivity index (χ4v) is 2.75. The van der Waals surface area contributed by atoms with Crippen molar-refractivity contribution in [3.8, 4) is 0 Å². The molecule has 0 fully saturated rings. The van der Waals surface area contributed by atoms with E-state index in [-0.39, 0.29) is 11.4 Å². The number of nitrogens with two attached hydrogens (primary N) is 1. The molecule has 114 valence electrons. The minimum absolute atomic E-state index is 0.243. The topological polar surface area (TPSA) is 81.4 Å². The Labute approximate surface area is 121 Å². The molecule has 0 amide bonds. The molecule has 0 spiro atoms. The van der Waals surface area contributed by atoms with Gasteiger partial charge in [-0.2, -0.15) is 0 Å². The fraction of sp³-hybridized carbons (Fsp3) is 0.571. The maximum atomic E-state index is 12.1. The van der Waals surface area contributed by atoms with Crippen molar-refractivity contribution in [3.63, 3.8) is 0 Å². The van der Waals surface area contributed by atoms with Gasteiger partial charge in [-0.1, -0.05) is 19.9 Å². The summed E-state index contributed by atoms with van der Waals surface area (Å²) in [5, 5.41) is 0. The van der Waals surface area contributed by atoms with Gasteiger partial charge in [-0.3, -0.25) is 0 Å². The number of rotatable bonds is 8. The third kappa shape index (κ3) is 5.20. The number of benzene rings is 1. The molecule has 5 nitrogen and oxygen atoms in total. The fourth-order valence-electron chi connectivity index (χ4n) is 1.69. The molecule has 1 aromatic rings. The van der Waals surface area contributed by atoms with Crippen LogP contribution >= 0.6 is 0 Å². The van der Waals surface area contributed by atoms with Crippen molar-refractivity contribution in [2.45, 2.75) is 32.2 Å². The molecule has 1 rings (SSSR count). The van der Waals surface area contributed by atoms with E-state index in [0.29, 0.717) is 25.7 Å². The van der Waals surface area contributed by atoms with Crippen LogP contribution < -0.4 is 10.5 Å². The Bertz CT molecular complexity index is 527. The molecule has 0 bridgehead atoms. The molecule has 0 aliphatic carbocycles. The molecular formula is C14H24N2O3S. The second kappa shape index (κ2) is 7.73. The van der Waals surface area contributed by atoms with E-state index in [2.05, 4.69) is 4.72 Å². The summed E-state index contributed by atoms with van der Waals surface area (Å²) in [4.78, 5) is 0.243. The second-order valence-corrected chi connectivity index (χ2v) is 6.93. The molecule has 0 aromatic heterocycles. The summed E-state index contributed by atoms with van der Waals surface area (Å²) in [6.45, 7) is 7.59. The van der Waals surface area contributed by atoms with Crippen LogP contribution in [0, 0.1) is 12.8 Å². The third-order valence-electron chi connectivity index (χ3n) is 2.84. The predicted octanol–water partition coefficient (Wildman–Crippen LogP) is 1.40. The molecule has 0 aliphatic heterocycles. The molecule has 3 N–H and O–H groups in total. The first-order chi connectivity index (χ1) is 9.36. The smallest absolute Gasteiger partial charge is 0.240 e. The van der Waals surface area contributed by atoms with E-state index in [1.807, 2.05) is 20.8 Å². The minimum atomic E-state index is -3.50. The average molecular weight is 300 g/mol. The van der Waals surface area contributed by atoms with E-state index >= 15 is 0 Å². The highest BCUT2D eigenvalue weighted by Crippen LogP contribution is 2.14. The lowest BCUT2D eigenvalue weighted by atomic mass is 10.1. The van der Waals surface area contributed by atoms with Gasteiger partial charge in [-0.15, -0.1) is 0 Å². The zero-order chi connectivity index (χ0) is 15.2. The summed E-state index contributed by atoms with van der Waals surface area (Å²) >= 11 is 0. The minimum Gasteiger partial charge on any atom is -0.380 e. The highest BCUT2D eigenvalue weighted by molar-refractivity contribution is 7.89. The Morgan fingerprint density at radius 2 is 2.05 bits per heavy atom. The molecule has 0 heterocycles. The Hall–Kier alpha value is -0.950. The number of nitrogens with one attached hydrogen (secondary N) is 1. The Morgan fingerprint density at radius 1 is 1.35 bits per heavy atom. The molecule has 0 atom stereocenters. The molecule has 0 saturated heterocycles. The van der Waals surface area contributed by atoms with E-state index in [4.69, 9.17) is 10.5 Å². The first-order valence-corrected chi connectivity index (χ1v) is 8.22. The van der Waals surface area contributed by atoms with Gasteiger partial charge in [0.1, 0.15) is 0 Å². The van der Waals surface area contributed by atoms with Gasteiger partial charge in [0.2, 0.25) is 10.0 Å². The molecular weight excluding hydrogens is 276 g/mol. The maximum Gasteiger partial charge on any atom is 0.240 e. The Balaban J connectivity index is 2.60. The van der Waals surface area contributed by atoms with Crippen molar-refractivity contribution in [1.82, 2.24) is 4.72 Å². The Kier molecular flexibility index (Phi) is 6.61. The van der Waals surface area contributed by atoms with Gasteiger partial charge in [-0.05, 0) is 36.1 Å². The van der Waals surface area contributed by atoms with E-state index in [1.54, 1.807) is 18.2 Å². The van der Waals surface area contributed by atoms with Crippen molar-refractivity contribution < 1.29 is 13.2 Å². The zero-order valence-corrected chi connectivity index (χ0v) is 13.2. The number of aryl methyl sites for hydroxylation is 1. The van der Waals surface area contributed by atoms with E-state index < -0.39 is 10.0 Å². The first-order valence-electron chi connectivity index (χ1n) is 6.74. The Morgan fingerprint density at radius 3 is 2.65 bits per heavy atom. The van der Waals surface area contributed by atoms with Gasteiger partial charge < -0.3 is 10.5 Å². The third-order valence-corrected chi connectivity index (χ3v) is 4.30. The van der Waals surface area contributed by atoms with Crippen LogP contribution in [0.15, 0.2) is 23.1 Å². The van der Waals surface area contributed by atoms with E-state index in [1.165, 1.54) is 0 Å². The largest absolute Gasteiger partial charge is 0.380 e. The molecule has 0 radical (unpaired) electrons. The predicted molar refractivity (Wildman–Crippen MR) is 79.9 cm³/mol. The van der Waals surface area contributed by atoms with Crippen molar-refractivity contribution in [2.24, 2.45) is 11.7 Å². The SMILES string of the molecule is Cc1ccc(S(=O)(=O)NCCOCC(C)C)cc1CN. The second-order valence-electron chi connectivity index (χ2n) is 5.16. The molecule has 0 aliphatic rings. The van der Waals surface area contributed by atoms with Crippen molar-refractivity contribution in [3.05, 3.63) is 29.3 Å². The van der Waals surface area contributed by atoms with Crippen LogP contribution in [0.5, 0.6) is 0 Å². The van der Waals surface area contributed by atoms with Crippen LogP contribution in [-0.4, -0.2) is 28.2 Å². The molecule has 0 unspecified atom stereocenters. The normalized spacial score (nSPS) is 12.1. The van der Waals surface area contributed by atoms with Gasteiger partial charge in [0.05, 0.1) is 11.5 Å². The van der Waals surface area contributed by atoms with Crippen LogP contribution in [0.4, 0.5) is 0 Å². The summed E-state index contributed by atoms with van der Waals surface area (Å²) in [5.41, 5.74) is 7.42. The van der Waals surface area contributed by atoms with Gasteiger partial charge in [-0.25, -0.2) is 13.1 Å². The first kappa shape index (κ1) is 17.1. The molecule has 6 heteroatoms. The van der Waals surface area contributed by atoms with Crippen LogP contribution in [0.1, 0.15) is 25.0 Å². The number of hydrogen-bond donors (Lipinski definition) is 2. The van der Waals surface area contributed by atoms with Gasteiger partial charge in [0.15, 0.2) is 0 Å². The lowest BCUT2D eigenvalue weighted by Crippen LogP contribution is -2.28.